The van der Waals surface area contributed by atoms with E-state index in [4.69, 9.17) is 4.98 Å². The summed E-state index contributed by atoms with van der Waals surface area (Å²) in [6.07, 6.45) is 1.74. The minimum Gasteiger partial charge on any atom is -0.301 e. The fraction of sp³-hybridized carbons (Fsp3) is 0.133. The van der Waals surface area contributed by atoms with E-state index in [2.05, 4.69) is 84.2 Å². The molecule has 4 aromatic carbocycles. The number of thiazole rings is 1. The first-order chi connectivity index (χ1) is 16.7. The zero-order chi connectivity index (χ0) is 23.0. The number of fused-ring (bicyclic) bond motifs is 1. The number of hydrogen-bond acceptors (Lipinski definition) is 3. The van der Waals surface area contributed by atoms with Crippen molar-refractivity contribution in [3.8, 4) is 11.3 Å². The largest absolute Gasteiger partial charge is 0.301 e. The van der Waals surface area contributed by atoms with E-state index in [0.29, 0.717) is 5.13 Å². The summed E-state index contributed by atoms with van der Waals surface area (Å²) in [6, 6.07) is 35.4. The molecular weight excluding hydrogens is 436 g/mol. The highest BCUT2D eigenvalue weighted by atomic mass is 32.1. The Hall–Kier alpha value is -3.76. The number of amides is 1. The quantitative estimate of drug-likeness (QED) is 0.285. The monoisotopic (exact) mass is 460 g/mol. The van der Waals surface area contributed by atoms with Crippen LogP contribution in [0.25, 0.3) is 22.0 Å². The fourth-order valence-electron chi connectivity index (χ4n) is 4.94. The maximum absolute atomic E-state index is 13.7. The van der Waals surface area contributed by atoms with Gasteiger partial charge in [0.25, 0.3) is 0 Å². The Balaban J connectivity index is 1.28. The molecule has 6 rings (SSSR count). The van der Waals surface area contributed by atoms with Gasteiger partial charge in [0.1, 0.15) is 0 Å². The smallest absolute Gasteiger partial charge is 0.233 e. The maximum atomic E-state index is 13.7. The van der Waals surface area contributed by atoms with E-state index in [0.717, 1.165) is 24.1 Å². The summed E-state index contributed by atoms with van der Waals surface area (Å²) in [6.45, 7) is 0. The average molecular weight is 461 g/mol. The number of benzene rings is 4. The van der Waals surface area contributed by atoms with Crippen LogP contribution >= 0.6 is 11.3 Å². The summed E-state index contributed by atoms with van der Waals surface area (Å²) in [5.74, 6) is 0.0828. The number of hydrogen-bond donors (Lipinski definition) is 1. The van der Waals surface area contributed by atoms with E-state index in [1.54, 1.807) is 0 Å². The van der Waals surface area contributed by atoms with E-state index in [1.807, 2.05) is 29.6 Å². The molecule has 1 amide bonds. The molecule has 0 radical (unpaired) electrons. The van der Waals surface area contributed by atoms with Crippen LogP contribution in [0.2, 0.25) is 0 Å². The number of anilines is 1. The second-order valence-corrected chi connectivity index (χ2v) is 9.82. The lowest BCUT2D eigenvalue weighted by atomic mass is 9.77. The zero-order valence-electron chi connectivity index (χ0n) is 18.6. The maximum Gasteiger partial charge on any atom is 0.233 e. The van der Waals surface area contributed by atoms with Gasteiger partial charge in [-0.25, -0.2) is 4.98 Å². The van der Waals surface area contributed by atoms with E-state index in [9.17, 15) is 4.79 Å². The minimum atomic E-state index is -0.447. The van der Waals surface area contributed by atoms with Crippen LogP contribution in [0, 0.1) is 5.41 Å². The molecule has 0 aliphatic heterocycles. The molecule has 1 N–H and O–H groups in total. The SMILES string of the molecule is O=C(Nc1nc(-c2ccc3ccccc3c2)cs1)C1(C(c2ccccc2)c2ccccc2)CC1. The van der Waals surface area contributed by atoms with E-state index in [1.165, 1.54) is 33.2 Å². The third-order valence-electron chi connectivity index (χ3n) is 6.83. The van der Waals surface area contributed by atoms with Crippen LogP contribution in [0.4, 0.5) is 5.13 Å². The van der Waals surface area contributed by atoms with Gasteiger partial charge in [0.05, 0.1) is 11.1 Å². The molecule has 1 aromatic heterocycles. The van der Waals surface area contributed by atoms with Gasteiger partial charge in [-0.05, 0) is 40.8 Å². The molecule has 1 saturated carbocycles. The average Bonchev–Trinajstić information content (AvgIpc) is 3.56. The van der Waals surface area contributed by atoms with Crippen molar-refractivity contribution in [2.24, 2.45) is 5.41 Å². The molecule has 0 spiro atoms. The van der Waals surface area contributed by atoms with Gasteiger partial charge in [-0.15, -0.1) is 11.3 Å². The Morgan fingerprint density at radius 1 is 0.794 bits per heavy atom. The van der Waals surface area contributed by atoms with E-state index in [-0.39, 0.29) is 11.8 Å². The fourth-order valence-corrected chi connectivity index (χ4v) is 5.65. The van der Waals surface area contributed by atoms with Crippen molar-refractivity contribution in [2.75, 3.05) is 5.32 Å². The van der Waals surface area contributed by atoms with Gasteiger partial charge < -0.3 is 5.32 Å². The normalized spacial score (nSPS) is 14.3. The molecule has 0 saturated heterocycles. The van der Waals surface area contributed by atoms with Crippen LogP contribution in [0.15, 0.2) is 109 Å². The second kappa shape index (κ2) is 8.54. The van der Waals surface area contributed by atoms with Crippen LogP contribution in [0.5, 0.6) is 0 Å². The third-order valence-corrected chi connectivity index (χ3v) is 7.59. The van der Waals surface area contributed by atoms with Gasteiger partial charge in [-0.1, -0.05) is 97.1 Å². The molecule has 4 heteroatoms. The highest BCUT2D eigenvalue weighted by Crippen LogP contribution is 2.59. The molecule has 0 unspecified atom stereocenters. The van der Waals surface area contributed by atoms with Crippen molar-refractivity contribution < 1.29 is 4.79 Å². The molecule has 34 heavy (non-hydrogen) atoms. The Bertz CT molecular complexity index is 1420. The lowest BCUT2D eigenvalue weighted by molar-refractivity contribution is -0.121. The molecule has 5 aromatic rings. The number of carbonyl (C=O) groups is 1. The predicted molar refractivity (Wildman–Crippen MR) is 140 cm³/mol. The summed E-state index contributed by atoms with van der Waals surface area (Å²) < 4.78 is 0. The van der Waals surface area contributed by atoms with Gasteiger partial charge in [0.15, 0.2) is 5.13 Å². The molecule has 0 atom stereocenters. The van der Waals surface area contributed by atoms with Crippen LogP contribution in [0.3, 0.4) is 0 Å². The van der Waals surface area contributed by atoms with E-state index < -0.39 is 5.41 Å². The van der Waals surface area contributed by atoms with Gasteiger partial charge in [-0.2, -0.15) is 0 Å². The van der Waals surface area contributed by atoms with Crippen LogP contribution in [-0.2, 0) is 4.79 Å². The third kappa shape index (κ3) is 3.80. The topological polar surface area (TPSA) is 42.0 Å². The van der Waals surface area contributed by atoms with Gasteiger partial charge in [0.2, 0.25) is 5.91 Å². The number of aromatic nitrogens is 1. The van der Waals surface area contributed by atoms with Crippen LogP contribution in [-0.4, -0.2) is 10.9 Å². The van der Waals surface area contributed by atoms with Crippen molar-refractivity contribution >= 4 is 33.1 Å². The molecule has 166 valence electrons. The van der Waals surface area contributed by atoms with Crippen molar-refractivity contribution in [1.29, 1.82) is 0 Å². The Morgan fingerprint density at radius 3 is 2.06 bits per heavy atom. The standard InChI is InChI=1S/C30H24N2OS/c33-28(30(17-18-30)27(22-10-3-1-4-11-22)23-12-5-2-6-13-23)32-29-31-26(20-34-29)25-16-15-21-9-7-8-14-24(21)19-25/h1-16,19-20,27H,17-18H2,(H,31,32,33). The number of nitrogens with one attached hydrogen (secondary N) is 1. The van der Waals surface area contributed by atoms with Crippen LogP contribution in [0.1, 0.15) is 29.9 Å². The summed E-state index contributed by atoms with van der Waals surface area (Å²) in [5, 5.41) is 8.22. The lowest BCUT2D eigenvalue weighted by Crippen LogP contribution is -2.30. The van der Waals surface area contributed by atoms with Gasteiger partial charge in [-0.3, -0.25) is 4.79 Å². The summed E-state index contributed by atoms with van der Waals surface area (Å²) >= 11 is 1.48. The van der Waals surface area contributed by atoms with Crippen molar-refractivity contribution in [3.63, 3.8) is 0 Å². The van der Waals surface area contributed by atoms with Crippen molar-refractivity contribution in [3.05, 3.63) is 120 Å². The Morgan fingerprint density at radius 2 is 1.41 bits per heavy atom. The highest BCUT2D eigenvalue weighted by molar-refractivity contribution is 7.14. The molecule has 0 bridgehead atoms. The molecule has 1 aliphatic rings. The predicted octanol–water partition coefficient (Wildman–Crippen LogP) is 7.51. The summed E-state index contributed by atoms with van der Waals surface area (Å²) in [7, 11) is 0. The number of rotatable bonds is 6. The molecule has 1 fully saturated rings. The first kappa shape index (κ1) is 20.8. The first-order valence-corrected chi connectivity index (χ1v) is 12.5. The molecule has 3 nitrogen and oxygen atoms in total. The first-order valence-electron chi connectivity index (χ1n) is 11.6. The van der Waals surface area contributed by atoms with Crippen molar-refractivity contribution in [1.82, 2.24) is 4.98 Å². The Kier molecular flexibility index (Phi) is 5.23. The van der Waals surface area contributed by atoms with E-state index >= 15 is 0 Å². The molecule has 1 heterocycles. The molecule has 1 aliphatic carbocycles. The van der Waals surface area contributed by atoms with Crippen molar-refractivity contribution in [2.45, 2.75) is 18.8 Å². The summed E-state index contributed by atoms with van der Waals surface area (Å²) in [4.78, 5) is 18.4. The summed E-state index contributed by atoms with van der Waals surface area (Å²) in [5.41, 5.74) is 3.86. The lowest BCUT2D eigenvalue weighted by Gasteiger charge is -2.27. The molecular formula is C30H24N2OS. The highest BCUT2D eigenvalue weighted by Gasteiger charge is 2.56. The van der Waals surface area contributed by atoms with Gasteiger partial charge >= 0.3 is 0 Å². The van der Waals surface area contributed by atoms with Gasteiger partial charge in [0, 0.05) is 16.9 Å². The minimum absolute atomic E-state index is 0.0230. The number of nitrogens with zero attached hydrogens (tertiary/aromatic N) is 1. The second-order valence-electron chi connectivity index (χ2n) is 8.96. The zero-order valence-corrected chi connectivity index (χ0v) is 19.5. The van der Waals surface area contributed by atoms with Crippen LogP contribution < -0.4 is 5.32 Å². The number of carbonyl (C=O) groups excluding carboxylic acids is 1. The Labute approximate surface area is 203 Å².